The van der Waals surface area contributed by atoms with E-state index in [1.165, 1.54) is 18.2 Å². The Hall–Kier alpha value is -3.41. The number of phenols is 2. The third kappa shape index (κ3) is 3.07. The van der Waals surface area contributed by atoms with Crippen molar-refractivity contribution in [3.63, 3.8) is 0 Å². The van der Waals surface area contributed by atoms with Crippen molar-refractivity contribution >= 4 is 11.6 Å². The smallest absolute Gasteiger partial charge is 0.262 e. The molecule has 0 saturated carbocycles. The van der Waals surface area contributed by atoms with Crippen LogP contribution in [0.1, 0.15) is 34.8 Å². The van der Waals surface area contributed by atoms with E-state index in [0.29, 0.717) is 0 Å². The topological polar surface area (TPSA) is 86.6 Å². The van der Waals surface area contributed by atoms with Gasteiger partial charge in [-0.1, -0.05) is 6.07 Å². The first-order valence-electron chi connectivity index (χ1n) is 9.23. The van der Waals surface area contributed by atoms with E-state index in [9.17, 15) is 15.0 Å². The third-order valence-electron chi connectivity index (χ3n) is 5.24. The Bertz CT molecular complexity index is 1060. The summed E-state index contributed by atoms with van der Waals surface area (Å²) in [7, 11) is 0. The van der Waals surface area contributed by atoms with Crippen molar-refractivity contribution in [2.75, 3.05) is 4.90 Å². The van der Waals surface area contributed by atoms with Gasteiger partial charge in [-0.15, -0.1) is 0 Å². The van der Waals surface area contributed by atoms with Crippen LogP contribution in [0.15, 0.2) is 48.7 Å². The molecule has 0 spiro atoms. The van der Waals surface area contributed by atoms with E-state index in [1.54, 1.807) is 11.1 Å². The fraction of sp³-hybridized carbons (Fsp3) is 0.227. The van der Waals surface area contributed by atoms with Gasteiger partial charge in [0.2, 0.25) is 0 Å². The van der Waals surface area contributed by atoms with E-state index in [1.807, 2.05) is 32.0 Å². The van der Waals surface area contributed by atoms with Crippen LogP contribution in [0, 0.1) is 6.92 Å². The van der Waals surface area contributed by atoms with Gasteiger partial charge in [-0.3, -0.25) is 4.79 Å². The van der Waals surface area contributed by atoms with Crippen LogP contribution in [0.4, 0.5) is 5.69 Å². The molecule has 1 aliphatic heterocycles. The van der Waals surface area contributed by atoms with Crippen LogP contribution in [-0.2, 0) is 6.42 Å². The number of carbonyl (C=O) groups excluding carboxylic acids is 1. The average molecular weight is 375 g/mol. The molecule has 6 heteroatoms. The predicted molar refractivity (Wildman–Crippen MR) is 107 cm³/mol. The largest absolute Gasteiger partial charge is 0.508 e. The lowest BCUT2D eigenvalue weighted by molar-refractivity contribution is 0.0972. The number of hydrogen-bond donors (Lipinski definition) is 2. The number of carbonyl (C=O) groups is 1. The monoisotopic (exact) mass is 375 g/mol. The van der Waals surface area contributed by atoms with Crippen molar-refractivity contribution < 1.29 is 15.0 Å². The molecule has 1 aliphatic rings. The van der Waals surface area contributed by atoms with Crippen LogP contribution in [0.25, 0.3) is 11.3 Å². The number of anilines is 1. The molecule has 0 saturated heterocycles. The second-order valence-corrected chi connectivity index (χ2v) is 7.17. The van der Waals surface area contributed by atoms with E-state index in [-0.39, 0.29) is 29.0 Å². The van der Waals surface area contributed by atoms with Gasteiger partial charge in [0.05, 0.1) is 11.3 Å². The summed E-state index contributed by atoms with van der Waals surface area (Å²) in [6.45, 7) is 3.99. The second kappa shape index (κ2) is 6.96. The van der Waals surface area contributed by atoms with Crippen molar-refractivity contribution in [2.45, 2.75) is 32.7 Å². The van der Waals surface area contributed by atoms with Crippen LogP contribution < -0.4 is 4.90 Å². The zero-order chi connectivity index (χ0) is 19.8. The Morgan fingerprint density at radius 1 is 1.14 bits per heavy atom. The SMILES string of the molecule is Cc1ccnnc1-c1ccc2c(c1)CCC(C)N2C(=O)c1ccc(O)cc1O. The summed E-state index contributed by atoms with van der Waals surface area (Å²) < 4.78 is 0. The number of aryl methyl sites for hydroxylation is 2. The van der Waals surface area contributed by atoms with Crippen molar-refractivity contribution in [2.24, 2.45) is 0 Å². The molecule has 1 amide bonds. The highest BCUT2D eigenvalue weighted by atomic mass is 16.3. The molecule has 0 fully saturated rings. The molecule has 1 unspecified atom stereocenters. The number of rotatable bonds is 2. The summed E-state index contributed by atoms with van der Waals surface area (Å²) in [4.78, 5) is 14.9. The zero-order valence-electron chi connectivity index (χ0n) is 15.8. The van der Waals surface area contributed by atoms with Gasteiger partial charge < -0.3 is 15.1 Å². The summed E-state index contributed by atoms with van der Waals surface area (Å²) in [5, 5.41) is 27.9. The lowest BCUT2D eigenvalue weighted by Gasteiger charge is -2.35. The van der Waals surface area contributed by atoms with Crippen molar-refractivity contribution in [1.29, 1.82) is 0 Å². The predicted octanol–water partition coefficient (Wildman–Crippen LogP) is 3.84. The molecule has 3 aromatic rings. The summed E-state index contributed by atoms with van der Waals surface area (Å²) >= 11 is 0. The molecule has 0 aliphatic carbocycles. The van der Waals surface area contributed by atoms with Crippen LogP contribution >= 0.6 is 0 Å². The highest BCUT2D eigenvalue weighted by Crippen LogP contribution is 2.36. The number of nitrogens with zero attached hydrogens (tertiary/aromatic N) is 3. The Balaban J connectivity index is 1.76. The molecular formula is C22H21N3O3. The minimum Gasteiger partial charge on any atom is -0.508 e. The molecule has 0 bridgehead atoms. The lowest BCUT2D eigenvalue weighted by atomic mass is 9.93. The first-order chi connectivity index (χ1) is 13.5. The molecule has 2 aromatic carbocycles. The van der Waals surface area contributed by atoms with Crippen molar-refractivity contribution in [3.05, 3.63) is 65.4 Å². The lowest BCUT2D eigenvalue weighted by Crippen LogP contribution is -2.42. The van der Waals surface area contributed by atoms with E-state index in [4.69, 9.17) is 0 Å². The highest BCUT2D eigenvalue weighted by molar-refractivity contribution is 6.09. The Morgan fingerprint density at radius 2 is 1.96 bits per heavy atom. The number of aromatic nitrogens is 2. The quantitative estimate of drug-likeness (QED) is 0.711. The van der Waals surface area contributed by atoms with Gasteiger partial charge in [-0.05, 0) is 68.1 Å². The maximum absolute atomic E-state index is 13.2. The molecule has 0 radical (unpaired) electrons. The van der Waals surface area contributed by atoms with Gasteiger partial charge in [-0.25, -0.2) is 0 Å². The first-order valence-corrected chi connectivity index (χ1v) is 9.23. The molecule has 4 rings (SSSR count). The van der Waals surface area contributed by atoms with E-state index >= 15 is 0 Å². The van der Waals surface area contributed by atoms with Crippen LogP contribution in [-0.4, -0.2) is 32.4 Å². The maximum atomic E-state index is 13.2. The molecule has 6 nitrogen and oxygen atoms in total. The normalized spacial score (nSPS) is 15.9. The van der Waals surface area contributed by atoms with E-state index in [0.717, 1.165) is 40.9 Å². The van der Waals surface area contributed by atoms with Crippen molar-refractivity contribution in [1.82, 2.24) is 10.2 Å². The maximum Gasteiger partial charge on any atom is 0.262 e. The zero-order valence-corrected chi connectivity index (χ0v) is 15.8. The Kier molecular flexibility index (Phi) is 4.47. The molecule has 2 N–H and O–H groups in total. The van der Waals surface area contributed by atoms with Crippen LogP contribution in [0.3, 0.4) is 0 Å². The van der Waals surface area contributed by atoms with Crippen molar-refractivity contribution in [3.8, 4) is 22.8 Å². The van der Waals surface area contributed by atoms with Gasteiger partial charge in [0.1, 0.15) is 11.5 Å². The van der Waals surface area contributed by atoms with Gasteiger partial charge in [0, 0.05) is 29.6 Å². The summed E-state index contributed by atoms with van der Waals surface area (Å²) in [6, 6.07) is 11.9. The van der Waals surface area contributed by atoms with Gasteiger partial charge in [0.15, 0.2) is 0 Å². The Labute approximate surface area is 163 Å². The molecule has 142 valence electrons. The summed E-state index contributed by atoms with van der Waals surface area (Å²) in [5.41, 5.74) is 4.91. The standard InChI is InChI=1S/C22H21N3O3/c1-13-9-10-23-24-21(13)16-5-8-19-15(11-16)4-3-14(2)25(19)22(28)18-7-6-17(26)12-20(18)27/h5-12,14,26-27H,3-4H2,1-2H3. The number of benzene rings is 2. The van der Waals surface area contributed by atoms with E-state index in [2.05, 4.69) is 16.3 Å². The van der Waals surface area contributed by atoms with Gasteiger partial charge in [0.25, 0.3) is 5.91 Å². The molecule has 28 heavy (non-hydrogen) atoms. The molecule has 1 atom stereocenters. The third-order valence-corrected chi connectivity index (χ3v) is 5.24. The number of phenolic OH excluding ortho intramolecular Hbond substituents is 2. The summed E-state index contributed by atoms with van der Waals surface area (Å²) in [6.07, 6.45) is 3.35. The molecule has 1 aromatic heterocycles. The van der Waals surface area contributed by atoms with Gasteiger partial charge >= 0.3 is 0 Å². The highest BCUT2D eigenvalue weighted by Gasteiger charge is 2.30. The first kappa shape index (κ1) is 18.0. The van der Waals surface area contributed by atoms with E-state index < -0.39 is 0 Å². The summed E-state index contributed by atoms with van der Waals surface area (Å²) in [5.74, 6) is -0.587. The molecule has 2 heterocycles. The average Bonchev–Trinajstić information content (AvgIpc) is 2.67. The fourth-order valence-electron chi connectivity index (χ4n) is 3.72. The number of amides is 1. The Morgan fingerprint density at radius 3 is 2.71 bits per heavy atom. The minimum atomic E-state index is -0.283. The number of hydrogen-bond acceptors (Lipinski definition) is 5. The van der Waals surface area contributed by atoms with Gasteiger partial charge in [-0.2, -0.15) is 10.2 Å². The van der Waals surface area contributed by atoms with Crippen LogP contribution in [0.5, 0.6) is 11.5 Å². The molecular weight excluding hydrogens is 354 g/mol. The number of aromatic hydroxyl groups is 2. The second-order valence-electron chi connectivity index (χ2n) is 7.17. The minimum absolute atomic E-state index is 0.00249. The number of fused-ring (bicyclic) bond motifs is 1. The fourth-order valence-corrected chi connectivity index (χ4v) is 3.72. The van der Waals surface area contributed by atoms with Crippen LogP contribution in [0.2, 0.25) is 0 Å².